The molecule has 0 saturated carbocycles. The van der Waals surface area contributed by atoms with E-state index in [1.54, 1.807) is 0 Å². The molecule has 4 aromatic rings. The lowest BCUT2D eigenvalue weighted by atomic mass is 10.1. The highest BCUT2D eigenvalue weighted by atomic mass is 16.2. The first kappa shape index (κ1) is 20.0. The average Bonchev–Trinajstić information content (AvgIpc) is 3.43. The molecule has 1 aromatic carbocycles. The average molecular weight is 431 g/mol. The Kier molecular flexibility index (Phi) is 5.22. The Balaban J connectivity index is 1.34. The van der Waals surface area contributed by atoms with E-state index < -0.39 is 0 Å². The van der Waals surface area contributed by atoms with E-state index in [9.17, 15) is 4.79 Å². The van der Waals surface area contributed by atoms with Gasteiger partial charge < -0.3 is 15.1 Å². The number of aromatic nitrogens is 5. The third-order valence-corrected chi connectivity index (χ3v) is 5.76. The molecular weight excluding hydrogens is 404 g/mol. The highest BCUT2D eigenvalue weighted by Crippen LogP contribution is 2.22. The van der Waals surface area contributed by atoms with Crippen molar-refractivity contribution < 1.29 is 4.79 Å². The number of fused-ring (bicyclic) bond motifs is 1. The van der Waals surface area contributed by atoms with E-state index in [1.165, 1.54) is 0 Å². The fourth-order valence-electron chi connectivity index (χ4n) is 4.09. The largest absolute Gasteiger partial charge is 0.339 e. The number of aromatic amines is 1. The molecule has 3 aromatic heterocycles. The van der Waals surface area contributed by atoms with Crippen molar-refractivity contribution in [1.29, 1.82) is 0 Å². The lowest BCUT2D eigenvalue weighted by Crippen LogP contribution is -2.54. The number of benzene rings is 1. The van der Waals surface area contributed by atoms with Crippen LogP contribution in [0.2, 0.25) is 0 Å². The number of H-pyrrole nitrogens is 1. The van der Waals surface area contributed by atoms with Gasteiger partial charge in [0.05, 0.1) is 6.42 Å². The lowest BCUT2D eigenvalue weighted by molar-refractivity contribution is -0.131. The third kappa shape index (κ3) is 4.01. The summed E-state index contributed by atoms with van der Waals surface area (Å²) in [7, 11) is 0. The number of amides is 1. The number of anilines is 3. The van der Waals surface area contributed by atoms with Gasteiger partial charge in [0.2, 0.25) is 17.8 Å². The van der Waals surface area contributed by atoms with Crippen LogP contribution in [0.25, 0.3) is 5.65 Å². The molecule has 1 aliphatic heterocycles. The number of aryl methyl sites for hydroxylation is 1. The van der Waals surface area contributed by atoms with Gasteiger partial charge in [0.25, 0.3) is 0 Å². The first-order chi connectivity index (χ1) is 15.6. The Labute approximate surface area is 186 Å². The van der Waals surface area contributed by atoms with Crippen molar-refractivity contribution >= 4 is 29.3 Å². The molecule has 1 fully saturated rings. The van der Waals surface area contributed by atoms with E-state index in [-0.39, 0.29) is 11.9 Å². The van der Waals surface area contributed by atoms with Gasteiger partial charge in [-0.05, 0) is 31.5 Å². The molecule has 0 bridgehead atoms. The predicted octanol–water partition coefficient (Wildman–Crippen LogP) is 2.78. The predicted molar refractivity (Wildman–Crippen MR) is 123 cm³/mol. The lowest BCUT2D eigenvalue weighted by Gasteiger charge is -2.40. The maximum atomic E-state index is 12.8. The van der Waals surface area contributed by atoms with Gasteiger partial charge in [-0.25, -0.2) is 0 Å². The fourth-order valence-corrected chi connectivity index (χ4v) is 4.09. The van der Waals surface area contributed by atoms with Crippen molar-refractivity contribution in [3.05, 3.63) is 66.0 Å². The zero-order valence-electron chi connectivity index (χ0n) is 18.2. The van der Waals surface area contributed by atoms with Crippen LogP contribution in [0, 0.1) is 6.92 Å². The number of hydrogen-bond acceptors (Lipinski definition) is 6. The number of nitrogens with one attached hydrogen (secondary N) is 2. The van der Waals surface area contributed by atoms with Crippen molar-refractivity contribution in [3.63, 3.8) is 0 Å². The van der Waals surface area contributed by atoms with Gasteiger partial charge in [0.1, 0.15) is 5.65 Å². The topological polar surface area (TPSA) is 94.5 Å². The number of carbonyl (C=O) groups excluding carboxylic acids is 1. The normalized spacial score (nSPS) is 16.5. The highest BCUT2D eigenvalue weighted by molar-refractivity contribution is 5.79. The Morgan fingerprint density at radius 1 is 1.16 bits per heavy atom. The summed E-state index contributed by atoms with van der Waals surface area (Å²) >= 11 is 0. The summed E-state index contributed by atoms with van der Waals surface area (Å²) < 4.78 is 1.90. The number of rotatable bonds is 5. The number of carbonyl (C=O) groups is 1. The second kappa shape index (κ2) is 8.33. The first-order valence-corrected chi connectivity index (χ1v) is 10.8. The van der Waals surface area contributed by atoms with Gasteiger partial charge in [0.15, 0.2) is 5.82 Å². The van der Waals surface area contributed by atoms with Crippen molar-refractivity contribution in [2.24, 2.45) is 0 Å². The van der Waals surface area contributed by atoms with E-state index in [0.717, 1.165) is 16.9 Å². The van der Waals surface area contributed by atoms with Gasteiger partial charge >= 0.3 is 0 Å². The second-order valence-corrected chi connectivity index (χ2v) is 8.19. The van der Waals surface area contributed by atoms with Crippen molar-refractivity contribution in [3.8, 4) is 0 Å². The van der Waals surface area contributed by atoms with Crippen LogP contribution in [0.15, 0.2) is 54.7 Å². The highest BCUT2D eigenvalue weighted by Gasteiger charge is 2.29. The molecule has 164 valence electrons. The first-order valence-electron chi connectivity index (χ1n) is 10.8. The summed E-state index contributed by atoms with van der Waals surface area (Å²) in [5, 5.41) is 10.5. The minimum atomic E-state index is 0.0985. The molecule has 1 unspecified atom stereocenters. The molecule has 4 heterocycles. The standard InChI is InChI=1S/C23H26N8O/c1-16-13-19(28-27-16)24-22-26-23(25-20-9-6-10-31(20)22)30-12-11-29(15-17(30)2)21(32)14-18-7-4-3-5-8-18/h3-10,13,17H,11-12,14-15H2,1-2H3,(H2,24,25,26,27,28). The third-order valence-electron chi connectivity index (χ3n) is 5.76. The van der Waals surface area contributed by atoms with Crippen LogP contribution in [0.5, 0.6) is 0 Å². The minimum Gasteiger partial charge on any atom is -0.339 e. The Morgan fingerprint density at radius 2 is 2.00 bits per heavy atom. The van der Waals surface area contributed by atoms with E-state index in [2.05, 4.69) is 27.3 Å². The molecule has 0 spiro atoms. The molecule has 1 saturated heterocycles. The SMILES string of the molecule is Cc1cc(Nc2nc(N3CCN(C(=O)Cc4ccccc4)CC3C)nc3cccn23)n[nH]1. The number of piperazine rings is 1. The number of nitrogens with zero attached hydrogens (tertiary/aromatic N) is 6. The van der Waals surface area contributed by atoms with Crippen molar-refractivity contribution in [1.82, 2.24) is 29.5 Å². The second-order valence-electron chi connectivity index (χ2n) is 8.19. The molecule has 1 atom stereocenters. The summed E-state index contributed by atoms with van der Waals surface area (Å²) in [6, 6.07) is 15.8. The zero-order chi connectivity index (χ0) is 22.1. The van der Waals surface area contributed by atoms with E-state index >= 15 is 0 Å². The maximum absolute atomic E-state index is 12.8. The van der Waals surface area contributed by atoms with Gasteiger partial charge in [0, 0.05) is 43.6 Å². The van der Waals surface area contributed by atoms with E-state index in [4.69, 9.17) is 9.97 Å². The van der Waals surface area contributed by atoms with Crippen LogP contribution in [0.4, 0.5) is 17.7 Å². The molecule has 1 aliphatic rings. The van der Waals surface area contributed by atoms with Crippen LogP contribution < -0.4 is 10.2 Å². The Morgan fingerprint density at radius 3 is 2.75 bits per heavy atom. The van der Waals surface area contributed by atoms with Gasteiger partial charge in [-0.2, -0.15) is 15.1 Å². The molecule has 9 heteroatoms. The van der Waals surface area contributed by atoms with E-state index in [0.29, 0.717) is 43.8 Å². The Bertz CT molecular complexity index is 1230. The van der Waals surface area contributed by atoms with Gasteiger partial charge in [-0.15, -0.1) is 0 Å². The summed E-state index contributed by atoms with van der Waals surface area (Å²) in [5.41, 5.74) is 2.81. The minimum absolute atomic E-state index is 0.0985. The molecule has 0 radical (unpaired) electrons. The maximum Gasteiger partial charge on any atom is 0.230 e. The van der Waals surface area contributed by atoms with Gasteiger partial charge in [-0.3, -0.25) is 14.3 Å². The number of hydrogen-bond donors (Lipinski definition) is 2. The smallest absolute Gasteiger partial charge is 0.230 e. The van der Waals surface area contributed by atoms with Crippen molar-refractivity contribution in [2.45, 2.75) is 26.3 Å². The fraction of sp³-hybridized carbons (Fsp3) is 0.304. The van der Waals surface area contributed by atoms with Crippen LogP contribution in [-0.4, -0.2) is 61.0 Å². The zero-order valence-corrected chi connectivity index (χ0v) is 18.2. The van der Waals surface area contributed by atoms with Crippen molar-refractivity contribution in [2.75, 3.05) is 29.9 Å². The summed E-state index contributed by atoms with van der Waals surface area (Å²) in [6.07, 6.45) is 2.35. The van der Waals surface area contributed by atoms with Crippen LogP contribution >= 0.6 is 0 Å². The molecule has 32 heavy (non-hydrogen) atoms. The van der Waals surface area contributed by atoms with Crippen LogP contribution in [-0.2, 0) is 11.2 Å². The molecular formula is C23H26N8O. The quantitative estimate of drug-likeness (QED) is 0.506. The summed E-state index contributed by atoms with van der Waals surface area (Å²) in [4.78, 5) is 26.5. The molecule has 0 aliphatic carbocycles. The molecule has 9 nitrogen and oxygen atoms in total. The van der Waals surface area contributed by atoms with E-state index in [1.807, 2.05) is 71.0 Å². The van der Waals surface area contributed by atoms with Crippen LogP contribution in [0.1, 0.15) is 18.2 Å². The Hall–Kier alpha value is -3.88. The molecule has 1 amide bonds. The molecule has 5 rings (SSSR count). The summed E-state index contributed by atoms with van der Waals surface area (Å²) in [5.74, 6) is 2.15. The monoisotopic (exact) mass is 430 g/mol. The summed E-state index contributed by atoms with van der Waals surface area (Å²) in [6.45, 7) is 6.03. The van der Waals surface area contributed by atoms with Gasteiger partial charge in [-0.1, -0.05) is 30.3 Å². The van der Waals surface area contributed by atoms with Crippen LogP contribution in [0.3, 0.4) is 0 Å². The molecule has 2 N–H and O–H groups in total.